The van der Waals surface area contributed by atoms with Gasteiger partial charge in [0.15, 0.2) is 5.15 Å². The van der Waals surface area contributed by atoms with E-state index in [1.165, 1.54) is 6.33 Å². The number of nitrogens with zero attached hydrogens (tertiary/aromatic N) is 2. The summed E-state index contributed by atoms with van der Waals surface area (Å²) in [4.78, 5) is 11.3. The maximum Gasteiger partial charge on any atom is 0.156 e. The molecule has 0 fully saturated rings. The van der Waals surface area contributed by atoms with E-state index in [-0.39, 0.29) is 0 Å². The zero-order valence-electron chi connectivity index (χ0n) is 8.31. The van der Waals surface area contributed by atoms with Crippen molar-refractivity contribution in [2.24, 2.45) is 0 Å². The monoisotopic (exact) mass is 229 g/mol. The van der Waals surface area contributed by atoms with Crippen LogP contribution < -0.4 is 0 Å². The maximum atomic E-state index is 5.98. The highest BCUT2D eigenvalue weighted by Gasteiger charge is 2.06. The van der Waals surface area contributed by atoms with Gasteiger partial charge in [0, 0.05) is 5.69 Å². The molecule has 0 aliphatic rings. The van der Waals surface area contributed by atoms with E-state index in [1.54, 1.807) is 0 Å². The summed E-state index contributed by atoms with van der Waals surface area (Å²) in [5.41, 5.74) is 3.72. The molecule has 1 N–H and O–H groups in total. The van der Waals surface area contributed by atoms with Gasteiger partial charge >= 0.3 is 0 Å². The third kappa shape index (κ3) is 1.46. The second-order valence-corrected chi connectivity index (χ2v) is 3.83. The highest BCUT2D eigenvalue weighted by atomic mass is 35.5. The van der Waals surface area contributed by atoms with Gasteiger partial charge in [-0.15, -0.1) is 0 Å². The molecule has 0 aliphatic heterocycles. The van der Waals surface area contributed by atoms with Crippen molar-refractivity contribution >= 4 is 22.6 Å². The molecule has 1 aromatic carbocycles. The SMILES string of the molecule is Clc1ncnc2cc(-c3ccccc3)[nH]c12. The molecule has 2 aromatic heterocycles. The molecule has 0 unspecified atom stereocenters. The summed E-state index contributed by atoms with van der Waals surface area (Å²) in [6.07, 6.45) is 1.47. The van der Waals surface area contributed by atoms with Crippen LogP contribution in [0.15, 0.2) is 42.7 Å². The molecule has 0 saturated heterocycles. The Labute approximate surface area is 97.1 Å². The van der Waals surface area contributed by atoms with Gasteiger partial charge in [0.2, 0.25) is 0 Å². The first kappa shape index (κ1) is 9.36. The lowest BCUT2D eigenvalue weighted by atomic mass is 10.2. The number of H-pyrrole nitrogens is 1. The predicted octanol–water partition coefficient (Wildman–Crippen LogP) is 3.28. The van der Waals surface area contributed by atoms with Crippen molar-refractivity contribution in [2.45, 2.75) is 0 Å². The topological polar surface area (TPSA) is 41.6 Å². The Hall–Kier alpha value is -1.87. The summed E-state index contributed by atoms with van der Waals surface area (Å²) in [6, 6.07) is 12.0. The van der Waals surface area contributed by atoms with Crippen LogP contribution in [0.25, 0.3) is 22.3 Å². The zero-order valence-corrected chi connectivity index (χ0v) is 9.07. The minimum atomic E-state index is 0.451. The molecule has 3 rings (SSSR count). The third-order valence-electron chi connectivity index (χ3n) is 2.46. The van der Waals surface area contributed by atoms with Crippen LogP contribution in [0.2, 0.25) is 5.15 Å². The molecule has 3 aromatic rings. The van der Waals surface area contributed by atoms with Gasteiger partial charge in [-0.05, 0) is 11.6 Å². The summed E-state index contributed by atoms with van der Waals surface area (Å²) in [5.74, 6) is 0. The van der Waals surface area contributed by atoms with Crippen LogP contribution in [-0.2, 0) is 0 Å². The quantitative estimate of drug-likeness (QED) is 0.651. The van der Waals surface area contributed by atoms with Crippen molar-refractivity contribution in [2.75, 3.05) is 0 Å². The van der Waals surface area contributed by atoms with Gasteiger partial charge in [0.1, 0.15) is 11.8 Å². The highest BCUT2D eigenvalue weighted by molar-refractivity contribution is 6.33. The largest absolute Gasteiger partial charge is 0.351 e. The van der Waals surface area contributed by atoms with Gasteiger partial charge in [-0.3, -0.25) is 0 Å². The Kier molecular flexibility index (Phi) is 2.11. The van der Waals surface area contributed by atoms with Crippen molar-refractivity contribution in [3.05, 3.63) is 47.9 Å². The first-order valence-corrected chi connectivity index (χ1v) is 5.27. The molecule has 0 bridgehead atoms. The first-order chi connectivity index (χ1) is 7.84. The van der Waals surface area contributed by atoms with E-state index in [0.29, 0.717) is 5.15 Å². The van der Waals surface area contributed by atoms with Crippen molar-refractivity contribution in [1.82, 2.24) is 15.0 Å². The number of aromatic amines is 1. The summed E-state index contributed by atoms with van der Waals surface area (Å²) in [5, 5.41) is 0.451. The lowest BCUT2D eigenvalue weighted by molar-refractivity contribution is 1.22. The van der Waals surface area contributed by atoms with Crippen LogP contribution in [-0.4, -0.2) is 15.0 Å². The number of halogens is 1. The van der Waals surface area contributed by atoms with Gasteiger partial charge in [0.25, 0.3) is 0 Å². The number of hydrogen-bond acceptors (Lipinski definition) is 2. The van der Waals surface area contributed by atoms with E-state index in [2.05, 4.69) is 15.0 Å². The van der Waals surface area contributed by atoms with Gasteiger partial charge in [-0.2, -0.15) is 0 Å². The fourth-order valence-corrected chi connectivity index (χ4v) is 1.87. The van der Waals surface area contributed by atoms with E-state index >= 15 is 0 Å². The Bertz CT molecular complexity index is 631. The minimum absolute atomic E-state index is 0.451. The minimum Gasteiger partial charge on any atom is -0.351 e. The second-order valence-electron chi connectivity index (χ2n) is 3.47. The Morgan fingerprint density at radius 3 is 2.62 bits per heavy atom. The average Bonchev–Trinajstić information content (AvgIpc) is 2.76. The van der Waals surface area contributed by atoms with Crippen molar-refractivity contribution in [3.8, 4) is 11.3 Å². The number of aromatic nitrogens is 3. The first-order valence-electron chi connectivity index (χ1n) is 4.89. The average molecular weight is 230 g/mol. The van der Waals surface area contributed by atoms with Crippen LogP contribution in [0.3, 0.4) is 0 Å². The number of benzene rings is 1. The Morgan fingerprint density at radius 1 is 1.06 bits per heavy atom. The Morgan fingerprint density at radius 2 is 1.88 bits per heavy atom. The zero-order chi connectivity index (χ0) is 11.0. The molecule has 0 aliphatic carbocycles. The van der Waals surface area contributed by atoms with Gasteiger partial charge in [-0.25, -0.2) is 9.97 Å². The predicted molar refractivity (Wildman–Crippen MR) is 64.3 cm³/mol. The molecule has 3 nitrogen and oxygen atoms in total. The molecule has 78 valence electrons. The van der Waals surface area contributed by atoms with E-state index in [0.717, 1.165) is 22.3 Å². The molecule has 16 heavy (non-hydrogen) atoms. The van der Waals surface area contributed by atoms with Crippen LogP contribution in [0.4, 0.5) is 0 Å². The fraction of sp³-hybridized carbons (Fsp3) is 0. The van der Waals surface area contributed by atoms with E-state index in [4.69, 9.17) is 11.6 Å². The smallest absolute Gasteiger partial charge is 0.156 e. The lowest BCUT2D eigenvalue weighted by Gasteiger charge is -1.95. The molecular formula is C12H8ClN3. The number of hydrogen-bond donors (Lipinski definition) is 1. The molecule has 0 spiro atoms. The van der Waals surface area contributed by atoms with E-state index in [9.17, 15) is 0 Å². The molecule has 0 radical (unpaired) electrons. The van der Waals surface area contributed by atoms with Crippen molar-refractivity contribution in [3.63, 3.8) is 0 Å². The van der Waals surface area contributed by atoms with Crippen LogP contribution in [0.5, 0.6) is 0 Å². The highest BCUT2D eigenvalue weighted by Crippen LogP contribution is 2.25. The molecule has 0 saturated carbocycles. The standard InChI is InChI=1S/C12H8ClN3/c13-12-11-10(14-7-15-12)6-9(16-11)8-4-2-1-3-5-8/h1-7,16H. The van der Waals surface area contributed by atoms with Crippen LogP contribution >= 0.6 is 11.6 Å². The molecule has 2 heterocycles. The number of fused-ring (bicyclic) bond motifs is 1. The van der Waals surface area contributed by atoms with Gasteiger partial charge in [-0.1, -0.05) is 41.9 Å². The summed E-state index contributed by atoms with van der Waals surface area (Å²) in [7, 11) is 0. The maximum absolute atomic E-state index is 5.98. The molecule has 0 amide bonds. The number of nitrogens with one attached hydrogen (secondary N) is 1. The van der Waals surface area contributed by atoms with Gasteiger partial charge in [0.05, 0.1) is 5.52 Å². The van der Waals surface area contributed by atoms with Crippen molar-refractivity contribution < 1.29 is 0 Å². The fourth-order valence-electron chi connectivity index (χ4n) is 1.68. The van der Waals surface area contributed by atoms with Crippen LogP contribution in [0.1, 0.15) is 0 Å². The Balaban J connectivity index is 2.23. The summed E-state index contributed by atoms with van der Waals surface area (Å²) >= 11 is 5.98. The van der Waals surface area contributed by atoms with E-state index < -0.39 is 0 Å². The van der Waals surface area contributed by atoms with E-state index in [1.807, 2.05) is 36.4 Å². The molecule has 4 heteroatoms. The third-order valence-corrected chi connectivity index (χ3v) is 2.74. The summed E-state index contributed by atoms with van der Waals surface area (Å²) < 4.78 is 0. The van der Waals surface area contributed by atoms with Gasteiger partial charge < -0.3 is 4.98 Å². The summed E-state index contributed by atoms with van der Waals surface area (Å²) in [6.45, 7) is 0. The normalized spacial score (nSPS) is 10.8. The molecular weight excluding hydrogens is 222 g/mol. The van der Waals surface area contributed by atoms with Crippen molar-refractivity contribution in [1.29, 1.82) is 0 Å². The second kappa shape index (κ2) is 3.61. The van der Waals surface area contributed by atoms with Crippen LogP contribution in [0, 0.1) is 0 Å². The number of rotatable bonds is 1. The lowest BCUT2D eigenvalue weighted by Crippen LogP contribution is -1.80. The molecule has 0 atom stereocenters.